The summed E-state index contributed by atoms with van der Waals surface area (Å²) in [5, 5.41) is 5.90. The molecule has 0 spiro atoms. The van der Waals surface area contributed by atoms with Gasteiger partial charge in [0, 0.05) is 10.7 Å². The highest BCUT2D eigenvalue weighted by Gasteiger charge is 2.38. The van der Waals surface area contributed by atoms with E-state index in [9.17, 15) is 9.59 Å². The molecule has 0 radical (unpaired) electrons. The third-order valence-corrected chi connectivity index (χ3v) is 4.00. The number of urea groups is 1. The topological polar surface area (TPSA) is 67.4 Å². The van der Waals surface area contributed by atoms with Crippen LogP contribution in [0.15, 0.2) is 36.5 Å². The third kappa shape index (κ3) is 4.48. The molecule has 6 heteroatoms. The molecule has 124 valence electrons. The van der Waals surface area contributed by atoms with Gasteiger partial charge in [0.25, 0.3) is 0 Å². The van der Waals surface area contributed by atoms with Crippen molar-refractivity contribution in [3.8, 4) is 0 Å². The molecule has 1 fully saturated rings. The summed E-state index contributed by atoms with van der Waals surface area (Å²) in [6.07, 6.45) is 2.89. The summed E-state index contributed by atoms with van der Waals surface area (Å²) in [6.45, 7) is 6.26. The van der Waals surface area contributed by atoms with Gasteiger partial charge < -0.3 is 15.4 Å². The minimum atomic E-state index is -0.671. The molecule has 5 nitrogen and oxygen atoms in total. The van der Waals surface area contributed by atoms with Crippen LogP contribution in [0.5, 0.6) is 0 Å². The van der Waals surface area contributed by atoms with E-state index in [1.54, 1.807) is 24.3 Å². The van der Waals surface area contributed by atoms with Crippen LogP contribution in [0.4, 0.5) is 4.79 Å². The Labute approximate surface area is 141 Å². The zero-order valence-corrected chi connectivity index (χ0v) is 13.9. The summed E-state index contributed by atoms with van der Waals surface area (Å²) in [5.74, 6) is -1.06. The Morgan fingerprint density at radius 1 is 1.30 bits per heavy atom. The molecule has 1 aromatic carbocycles. The number of ether oxygens (including phenoxy) is 1. The van der Waals surface area contributed by atoms with Gasteiger partial charge in [0.15, 0.2) is 0 Å². The van der Waals surface area contributed by atoms with Crippen molar-refractivity contribution in [2.45, 2.75) is 32.2 Å². The van der Waals surface area contributed by atoms with E-state index in [0.29, 0.717) is 17.3 Å². The van der Waals surface area contributed by atoms with E-state index in [4.69, 9.17) is 16.3 Å². The van der Waals surface area contributed by atoms with Gasteiger partial charge in [-0.05, 0) is 24.1 Å². The molecular formula is C17H21ClN2O3. The number of esters is 1. The third-order valence-electron chi connectivity index (χ3n) is 3.74. The highest BCUT2D eigenvalue weighted by atomic mass is 35.5. The predicted octanol–water partition coefficient (Wildman–Crippen LogP) is 3.56. The summed E-state index contributed by atoms with van der Waals surface area (Å²) in [4.78, 5) is 24.2. The van der Waals surface area contributed by atoms with Gasteiger partial charge in [-0.15, -0.1) is 0 Å². The first-order chi connectivity index (χ1) is 11.0. The minimum Gasteiger partial charge on any atom is -0.465 e. The second-order valence-corrected chi connectivity index (χ2v) is 5.94. The number of benzene rings is 1. The molecule has 0 aliphatic carbocycles. The van der Waals surface area contributed by atoms with Gasteiger partial charge in [-0.1, -0.05) is 50.1 Å². The molecule has 0 saturated carbocycles. The lowest BCUT2D eigenvalue weighted by molar-refractivity contribution is -0.148. The Kier molecular flexibility index (Phi) is 6.04. The van der Waals surface area contributed by atoms with Crippen LogP contribution in [-0.2, 0) is 9.53 Å². The lowest BCUT2D eigenvalue weighted by Crippen LogP contribution is -2.51. The lowest BCUT2D eigenvalue weighted by Gasteiger charge is -2.33. The first-order valence-corrected chi connectivity index (χ1v) is 8.09. The quantitative estimate of drug-likeness (QED) is 0.616. The van der Waals surface area contributed by atoms with Gasteiger partial charge in [-0.25, -0.2) is 4.79 Å². The molecule has 1 saturated heterocycles. The Balaban J connectivity index is 2.14. The Morgan fingerprint density at radius 2 is 2.00 bits per heavy atom. The molecule has 0 bridgehead atoms. The highest BCUT2D eigenvalue weighted by molar-refractivity contribution is 6.30. The van der Waals surface area contributed by atoms with Crippen LogP contribution in [0, 0.1) is 5.92 Å². The first kappa shape index (κ1) is 17.3. The molecular weight excluding hydrogens is 316 g/mol. The van der Waals surface area contributed by atoms with Crippen LogP contribution in [0.25, 0.3) is 0 Å². The van der Waals surface area contributed by atoms with E-state index in [1.807, 2.05) is 0 Å². The molecule has 0 aromatic heterocycles. The minimum absolute atomic E-state index is 0.342. The Morgan fingerprint density at radius 3 is 2.65 bits per heavy atom. The standard InChI is InChI=1S/C17H21ClN2O3/c1-3-4-5-10-23-16(21)14-11(2)19-17(22)20-15(14)12-6-8-13(18)9-7-12/h6-9,14-15H,2-5,10H2,1H3,(H2,19,20,22)/t14-,15+/m0/s1. The zero-order valence-electron chi connectivity index (χ0n) is 13.1. The molecule has 1 aromatic rings. The second-order valence-electron chi connectivity index (χ2n) is 5.51. The number of carbonyl (C=O) groups excluding carboxylic acids is 2. The van der Waals surface area contributed by atoms with E-state index in [-0.39, 0.29) is 6.03 Å². The summed E-state index contributed by atoms with van der Waals surface area (Å²) in [7, 11) is 0. The Bertz CT molecular complexity index is 586. The van der Waals surface area contributed by atoms with E-state index < -0.39 is 17.9 Å². The van der Waals surface area contributed by atoms with Crippen LogP contribution >= 0.6 is 11.6 Å². The van der Waals surface area contributed by atoms with E-state index in [1.165, 1.54) is 0 Å². The molecule has 2 atom stereocenters. The monoisotopic (exact) mass is 336 g/mol. The molecule has 1 heterocycles. The first-order valence-electron chi connectivity index (χ1n) is 7.71. The summed E-state index contributed by atoms with van der Waals surface area (Å²) < 4.78 is 5.35. The average molecular weight is 337 g/mol. The van der Waals surface area contributed by atoms with Crippen LogP contribution in [0.2, 0.25) is 5.02 Å². The summed E-state index contributed by atoms with van der Waals surface area (Å²) >= 11 is 5.90. The van der Waals surface area contributed by atoms with E-state index in [0.717, 1.165) is 24.8 Å². The summed E-state index contributed by atoms with van der Waals surface area (Å²) in [5.41, 5.74) is 1.12. The van der Waals surface area contributed by atoms with Gasteiger partial charge in [-0.2, -0.15) is 0 Å². The zero-order chi connectivity index (χ0) is 16.8. The van der Waals surface area contributed by atoms with Crippen LogP contribution in [0.3, 0.4) is 0 Å². The fourth-order valence-corrected chi connectivity index (χ4v) is 2.65. The van der Waals surface area contributed by atoms with E-state index >= 15 is 0 Å². The van der Waals surface area contributed by atoms with Crippen molar-refractivity contribution in [1.82, 2.24) is 10.6 Å². The molecule has 2 N–H and O–H groups in total. The normalized spacial score (nSPS) is 20.6. The number of rotatable bonds is 6. The van der Waals surface area contributed by atoms with Gasteiger partial charge in [-0.3, -0.25) is 4.79 Å². The fourth-order valence-electron chi connectivity index (χ4n) is 2.52. The van der Waals surface area contributed by atoms with Crippen LogP contribution in [-0.4, -0.2) is 18.6 Å². The number of halogens is 1. The number of hydrogen-bond acceptors (Lipinski definition) is 3. The highest BCUT2D eigenvalue weighted by Crippen LogP contribution is 2.31. The number of amides is 2. The van der Waals surface area contributed by atoms with Crippen molar-refractivity contribution in [1.29, 1.82) is 0 Å². The van der Waals surface area contributed by atoms with Gasteiger partial charge in [0.1, 0.15) is 5.92 Å². The summed E-state index contributed by atoms with van der Waals surface area (Å²) in [6, 6.07) is 6.10. The lowest BCUT2D eigenvalue weighted by atomic mass is 9.89. The van der Waals surface area contributed by atoms with Crippen LogP contribution in [0.1, 0.15) is 37.8 Å². The molecule has 1 aliphatic heterocycles. The maximum Gasteiger partial charge on any atom is 0.319 e. The van der Waals surface area contributed by atoms with Gasteiger partial charge in [0.2, 0.25) is 0 Å². The SMILES string of the molecule is C=C1NC(=O)N[C@H](c2ccc(Cl)cc2)[C@H]1C(=O)OCCCCC. The van der Waals surface area contributed by atoms with Crippen molar-refractivity contribution in [3.05, 3.63) is 47.1 Å². The van der Waals surface area contributed by atoms with Crippen LogP contribution < -0.4 is 10.6 Å². The van der Waals surface area contributed by atoms with Crippen molar-refractivity contribution >= 4 is 23.6 Å². The molecule has 2 rings (SSSR count). The van der Waals surface area contributed by atoms with Gasteiger partial charge >= 0.3 is 12.0 Å². The predicted molar refractivity (Wildman–Crippen MR) is 89.0 cm³/mol. The fraction of sp³-hybridized carbons (Fsp3) is 0.412. The van der Waals surface area contributed by atoms with E-state index in [2.05, 4.69) is 24.1 Å². The van der Waals surface area contributed by atoms with Crippen molar-refractivity contribution < 1.29 is 14.3 Å². The average Bonchev–Trinajstić information content (AvgIpc) is 2.51. The number of nitrogens with one attached hydrogen (secondary N) is 2. The number of hydrogen-bond donors (Lipinski definition) is 2. The molecule has 0 unspecified atom stereocenters. The number of unbranched alkanes of at least 4 members (excludes halogenated alkanes) is 2. The number of carbonyl (C=O) groups is 2. The van der Waals surface area contributed by atoms with Crippen molar-refractivity contribution in [2.75, 3.05) is 6.61 Å². The van der Waals surface area contributed by atoms with Crippen molar-refractivity contribution in [2.24, 2.45) is 5.92 Å². The maximum absolute atomic E-state index is 12.4. The molecule has 1 aliphatic rings. The smallest absolute Gasteiger partial charge is 0.319 e. The molecule has 23 heavy (non-hydrogen) atoms. The molecule has 2 amide bonds. The second kappa shape index (κ2) is 8.02. The van der Waals surface area contributed by atoms with Gasteiger partial charge in [0.05, 0.1) is 12.6 Å². The Hall–Kier alpha value is -2.01. The maximum atomic E-state index is 12.4. The van der Waals surface area contributed by atoms with Crippen molar-refractivity contribution in [3.63, 3.8) is 0 Å². The largest absolute Gasteiger partial charge is 0.465 e.